The highest BCUT2D eigenvalue weighted by Crippen LogP contribution is 2.45. The molecule has 0 aliphatic carbocycles. The number of hydrogen-bond acceptors (Lipinski definition) is 5. The van der Waals surface area contributed by atoms with E-state index in [1.807, 2.05) is 12.1 Å². The van der Waals surface area contributed by atoms with Crippen LogP contribution in [-0.2, 0) is 0 Å². The predicted molar refractivity (Wildman–Crippen MR) is 74.1 cm³/mol. The maximum absolute atomic E-state index is 6.22. The molecule has 1 fully saturated rings. The Balaban J connectivity index is 2.51. The van der Waals surface area contributed by atoms with E-state index in [1.54, 1.807) is 21.3 Å². The smallest absolute Gasteiger partial charge is 0.203 e. The van der Waals surface area contributed by atoms with Crippen LogP contribution in [-0.4, -0.2) is 45.9 Å². The first-order valence-electron chi connectivity index (χ1n) is 6.38. The fraction of sp³-hybridized carbons (Fsp3) is 0.571. The molecular formula is C14H22N2O3. The van der Waals surface area contributed by atoms with Gasteiger partial charge >= 0.3 is 0 Å². The molecule has 0 amide bonds. The molecule has 2 N–H and O–H groups in total. The molecule has 1 aliphatic rings. The average Bonchev–Trinajstić information content (AvgIpc) is 2.76. The lowest BCUT2D eigenvalue weighted by Crippen LogP contribution is -2.30. The van der Waals surface area contributed by atoms with Crippen molar-refractivity contribution in [1.29, 1.82) is 0 Å². The normalized spacial score (nSPS) is 23.4. The quantitative estimate of drug-likeness (QED) is 0.893. The highest BCUT2D eigenvalue weighted by Gasteiger charge is 2.34. The SMILES string of the molecule is COc1ccc(C2C(N)CCN2C)c(OC)c1OC. The summed E-state index contributed by atoms with van der Waals surface area (Å²) in [6, 6.07) is 4.16. The zero-order valence-electron chi connectivity index (χ0n) is 12.0. The van der Waals surface area contributed by atoms with Gasteiger partial charge in [0.25, 0.3) is 0 Å². The van der Waals surface area contributed by atoms with Gasteiger partial charge in [0.05, 0.1) is 27.4 Å². The number of likely N-dealkylation sites (tertiary alicyclic amines) is 1. The van der Waals surface area contributed by atoms with Crippen LogP contribution in [0, 0.1) is 0 Å². The lowest BCUT2D eigenvalue weighted by Gasteiger charge is -2.26. The minimum absolute atomic E-state index is 0.108. The number of benzene rings is 1. The van der Waals surface area contributed by atoms with E-state index in [0.29, 0.717) is 17.2 Å². The molecule has 5 nitrogen and oxygen atoms in total. The molecule has 5 heteroatoms. The van der Waals surface area contributed by atoms with Crippen LogP contribution in [0.3, 0.4) is 0 Å². The Labute approximate surface area is 114 Å². The summed E-state index contributed by atoms with van der Waals surface area (Å²) in [6.07, 6.45) is 0.985. The Morgan fingerprint density at radius 2 is 1.79 bits per heavy atom. The average molecular weight is 266 g/mol. The van der Waals surface area contributed by atoms with Gasteiger partial charge in [-0.3, -0.25) is 4.90 Å². The largest absolute Gasteiger partial charge is 0.493 e. The summed E-state index contributed by atoms with van der Waals surface area (Å²) in [7, 11) is 6.95. The number of methoxy groups -OCH3 is 3. The van der Waals surface area contributed by atoms with Crippen molar-refractivity contribution in [2.45, 2.75) is 18.5 Å². The van der Waals surface area contributed by atoms with Crippen molar-refractivity contribution in [3.63, 3.8) is 0 Å². The Hall–Kier alpha value is -1.46. The van der Waals surface area contributed by atoms with E-state index < -0.39 is 0 Å². The molecule has 106 valence electrons. The number of ether oxygens (including phenoxy) is 3. The van der Waals surface area contributed by atoms with Crippen LogP contribution in [0.25, 0.3) is 0 Å². The third kappa shape index (κ3) is 2.35. The summed E-state index contributed by atoms with van der Waals surface area (Å²) in [6.45, 7) is 0.989. The molecule has 19 heavy (non-hydrogen) atoms. The van der Waals surface area contributed by atoms with Crippen LogP contribution in [0.1, 0.15) is 18.0 Å². The van der Waals surface area contributed by atoms with Gasteiger partial charge in [0.1, 0.15) is 0 Å². The van der Waals surface area contributed by atoms with Gasteiger partial charge in [-0.05, 0) is 25.6 Å². The van der Waals surface area contributed by atoms with Crippen LogP contribution < -0.4 is 19.9 Å². The van der Waals surface area contributed by atoms with Crippen molar-refractivity contribution in [2.24, 2.45) is 5.73 Å². The van der Waals surface area contributed by atoms with Crippen LogP contribution >= 0.6 is 0 Å². The lowest BCUT2D eigenvalue weighted by molar-refractivity contribution is 0.282. The molecule has 1 aromatic carbocycles. The number of nitrogens with two attached hydrogens (primary N) is 1. The molecule has 1 saturated heterocycles. The molecule has 2 atom stereocenters. The van der Waals surface area contributed by atoms with Gasteiger partial charge in [0, 0.05) is 18.2 Å². The van der Waals surface area contributed by atoms with Gasteiger partial charge in [-0.1, -0.05) is 0 Å². The van der Waals surface area contributed by atoms with E-state index in [9.17, 15) is 0 Å². The summed E-state index contributed by atoms with van der Waals surface area (Å²) in [4.78, 5) is 2.24. The Kier molecular flexibility index (Phi) is 4.17. The van der Waals surface area contributed by atoms with Crippen LogP contribution in [0.4, 0.5) is 0 Å². The van der Waals surface area contributed by atoms with E-state index in [1.165, 1.54) is 0 Å². The third-order valence-electron chi connectivity index (χ3n) is 3.75. The second-order valence-corrected chi connectivity index (χ2v) is 4.80. The molecule has 0 bridgehead atoms. The first-order valence-corrected chi connectivity index (χ1v) is 6.38. The number of hydrogen-bond donors (Lipinski definition) is 1. The van der Waals surface area contributed by atoms with Crippen LogP contribution in [0.2, 0.25) is 0 Å². The molecule has 0 radical (unpaired) electrons. The summed E-state index contributed by atoms with van der Waals surface area (Å²) < 4.78 is 16.3. The van der Waals surface area contributed by atoms with Gasteiger partial charge in [-0.25, -0.2) is 0 Å². The number of nitrogens with zero attached hydrogens (tertiary/aromatic N) is 1. The van der Waals surface area contributed by atoms with Crippen LogP contribution in [0.15, 0.2) is 12.1 Å². The Morgan fingerprint density at radius 1 is 1.11 bits per heavy atom. The molecule has 0 spiro atoms. The van der Waals surface area contributed by atoms with Crippen molar-refractivity contribution in [3.8, 4) is 17.2 Å². The topological polar surface area (TPSA) is 57.0 Å². The number of likely N-dealkylation sites (N-methyl/N-ethyl adjacent to an activating group) is 1. The Bertz CT molecular complexity index is 441. The van der Waals surface area contributed by atoms with E-state index in [4.69, 9.17) is 19.9 Å². The summed E-state index contributed by atoms with van der Waals surface area (Å²) >= 11 is 0. The van der Waals surface area contributed by atoms with Gasteiger partial charge in [0.15, 0.2) is 11.5 Å². The molecular weight excluding hydrogens is 244 g/mol. The first kappa shape index (κ1) is 14.0. The Morgan fingerprint density at radius 3 is 2.26 bits per heavy atom. The molecule has 2 unspecified atom stereocenters. The van der Waals surface area contributed by atoms with Gasteiger partial charge < -0.3 is 19.9 Å². The second kappa shape index (κ2) is 5.67. The third-order valence-corrected chi connectivity index (χ3v) is 3.75. The highest BCUT2D eigenvalue weighted by molar-refractivity contribution is 5.57. The van der Waals surface area contributed by atoms with Crippen molar-refractivity contribution >= 4 is 0 Å². The van der Waals surface area contributed by atoms with E-state index in [2.05, 4.69) is 11.9 Å². The minimum atomic E-state index is 0.108. The summed E-state index contributed by atoms with van der Waals surface area (Å²) in [5.41, 5.74) is 7.27. The monoisotopic (exact) mass is 266 g/mol. The van der Waals surface area contributed by atoms with Crippen molar-refractivity contribution in [2.75, 3.05) is 34.9 Å². The van der Waals surface area contributed by atoms with Crippen molar-refractivity contribution < 1.29 is 14.2 Å². The summed E-state index contributed by atoms with van der Waals surface area (Å²) in [5.74, 6) is 1.99. The minimum Gasteiger partial charge on any atom is -0.493 e. The summed E-state index contributed by atoms with van der Waals surface area (Å²) in [5, 5.41) is 0. The first-order chi connectivity index (χ1) is 9.13. The molecule has 1 aromatic rings. The maximum atomic E-state index is 6.22. The lowest BCUT2D eigenvalue weighted by atomic mass is 9.99. The maximum Gasteiger partial charge on any atom is 0.203 e. The molecule has 0 aromatic heterocycles. The molecule has 1 heterocycles. The molecule has 0 saturated carbocycles. The second-order valence-electron chi connectivity index (χ2n) is 4.80. The fourth-order valence-electron chi connectivity index (χ4n) is 2.80. The van der Waals surface area contributed by atoms with E-state index in [0.717, 1.165) is 18.5 Å². The van der Waals surface area contributed by atoms with Crippen molar-refractivity contribution in [3.05, 3.63) is 17.7 Å². The zero-order valence-corrected chi connectivity index (χ0v) is 12.0. The fourth-order valence-corrected chi connectivity index (χ4v) is 2.80. The van der Waals surface area contributed by atoms with Gasteiger partial charge in [0.2, 0.25) is 5.75 Å². The van der Waals surface area contributed by atoms with Gasteiger partial charge in [-0.15, -0.1) is 0 Å². The van der Waals surface area contributed by atoms with Crippen molar-refractivity contribution in [1.82, 2.24) is 4.90 Å². The zero-order chi connectivity index (χ0) is 14.0. The highest BCUT2D eigenvalue weighted by atomic mass is 16.5. The van der Waals surface area contributed by atoms with E-state index in [-0.39, 0.29) is 12.1 Å². The van der Waals surface area contributed by atoms with Crippen LogP contribution in [0.5, 0.6) is 17.2 Å². The molecule has 1 aliphatic heterocycles. The predicted octanol–water partition coefficient (Wildman–Crippen LogP) is 1.42. The van der Waals surface area contributed by atoms with E-state index >= 15 is 0 Å². The standard InChI is InChI=1S/C14H22N2O3/c1-16-8-7-10(15)12(16)9-5-6-11(17-2)14(19-4)13(9)18-3/h5-6,10,12H,7-8,15H2,1-4H3. The molecule has 2 rings (SSSR count). The number of rotatable bonds is 4. The van der Waals surface area contributed by atoms with Gasteiger partial charge in [-0.2, -0.15) is 0 Å².